The van der Waals surface area contributed by atoms with Crippen LogP contribution in [0.2, 0.25) is 0 Å². The first-order valence-electron chi connectivity index (χ1n) is 9.73. The lowest BCUT2D eigenvalue weighted by molar-refractivity contribution is 0.145. The number of rotatable bonds is 10. The van der Waals surface area contributed by atoms with E-state index in [0.717, 1.165) is 62.2 Å². The summed E-state index contributed by atoms with van der Waals surface area (Å²) in [7, 11) is 0. The van der Waals surface area contributed by atoms with E-state index in [-0.39, 0.29) is 6.10 Å². The molecule has 1 atom stereocenters. The first-order chi connectivity index (χ1) is 12.7. The van der Waals surface area contributed by atoms with E-state index in [0.29, 0.717) is 13.2 Å². The van der Waals surface area contributed by atoms with Crippen molar-refractivity contribution < 1.29 is 14.2 Å². The van der Waals surface area contributed by atoms with Crippen molar-refractivity contribution in [1.82, 2.24) is 10.6 Å². The number of nitrogens with one attached hydrogen (secondary N) is 2. The highest BCUT2D eigenvalue weighted by Crippen LogP contribution is 2.35. The normalized spacial score (nSPS) is 16.2. The zero-order valence-corrected chi connectivity index (χ0v) is 16.6. The summed E-state index contributed by atoms with van der Waals surface area (Å²) in [5.74, 6) is 2.67. The van der Waals surface area contributed by atoms with Gasteiger partial charge in [-0.3, -0.25) is 0 Å². The lowest BCUT2D eigenvalue weighted by atomic mass is 10.1. The molecule has 1 aromatic rings. The zero-order chi connectivity index (χ0) is 18.8. The van der Waals surface area contributed by atoms with Gasteiger partial charge in [-0.2, -0.15) is 0 Å². The second-order valence-corrected chi connectivity index (χ2v) is 6.31. The molecule has 0 saturated carbocycles. The molecule has 0 amide bonds. The van der Waals surface area contributed by atoms with Crippen molar-refractivity contribution in [1.29, 1.82) is 0 Å². The van der Waals surface area contributed by atoms with Crippen molar-refractivity contribution in [2.24, 2.45) is 4.99 Å². The van der Waals surface area contributed by atoms with Gasteiger partial charge in [-0.15, -0.1) is 0 Å². The molecule has 2 N–H and O–H groups in total. The molecule has 146 valence electrons. The van der Waals surface area contributed by atoms with Crippen LogP contribution in [-0.2, 0) is 17.7 Å². The van der Waals surface area contributed by atoms with Crippen LogP contribution in [0.1, 0.15) is 45.2 Å². The lowest BCUT2D eigenvalue weighted by Gasteiger charge is -2.14. The molecule has 2 rings (SSSR count). The summed E-state index contributed by atoms with van der Waals surface area (Å²) in [4.78, 5) is 4.71. The monoisotopic (exact) mass is 363 g/mol. The van der Waals surface area contributed by atoms with Crippen molar-refractivity contribution in [3.8, 4) is 11.5 Å². The predicted molar refractivity (Wildman–Crippen MR) is 105 cm³/mol. The first-order valence-corrected chi connectivity index (χ1v) is 9.73. The average Bonchev–Trinajstić information content (AvgIpc) is 2.98. The molecule has 0 radical (unpaired) electrons. The predicted octanol–water partition coefficient (Wildman–Crippen LogP) is 2.89. The minimum atomic E-state index is 0.225. The van der Waals surface area contributed by atoms with Gasteiger partial charge in [-0.1, -0.05) is 0 Å². The molecule has 1 heterocycles. The van der Waals surface area contributed by atoms with Gasteiger partial charge in [0.25, 0.3) is 0 Å². The number of ether oxygens (including phenoxy) is 3. The first kappa shape index (κ1) is 20.4. The third kappa shape index (κ3) is 6.09. The van der Waals surface area contributed by atoms with Crippen molar-refractivity contribution in [2.45, 2.75) is 53.2 Å². The Labute approximate surface area is 157 Å². The molecule has 6 nitrogen and oxygen atoms in total. The highest BCUT2D eigenvalue weighted by Gasteiger charge is 2.21. The minimum absolute atomic E-state index is 0.225. The van der Waals surface area contributed by atoms with Crippen LogP contribution in [-0.4, -0.2) is 45.0 Å². The molecular formula is C20H33N3O3. The Bertz CT molecular complexity index is 590. The van der Waals surface area contributed by atoms with Gasteiger partial charge >= 0.3 is 0 Å². The third-order valence-corrected chi connectivity index (χ3v) is 4.09. The van der Waals surface area contributed by atoms with E-state index in [2.05, 4.69) is 36.6 Å². The van der Waals surface area contributed by atoms with E-state index in [1.807, 2.05) is 13.8 Å². The van der Waals surface area contributed by atoms with Crippen LogP contribution in [0.3, 0.4) is 0 Å². The highest BCUT2D eigenvalue weighted by atomic mass is 16.5. The average molecular weight is 364 g/mol. The maximum absolute atomic E-state index is 5.89. The number of aliphatic imine (C=N–C) groups is 1. The summed E-state index contributed by atoms with van der Waals surface area (Å²) in [5, 5.41) is 6.63. The minimum Gasteiger partial charge on any atom is -0.494 e. The number of nitrogens with zero attached hydrogens (tertiary/aromatic N) is 1. The topological polar surface area (TPSA) is 64.1 Å². The quantitative estimate of drug-likeness (QED) is 0.380. The Morgan fingerprint density at radius 1 is 1.23 bits per heavy atom. The summed E-state index contributed by atoms with van der Waals surface area (Å²) in [5.41, 5.74) is 2.26. The van der Waals surface area contributed by atoms with Crippen molar-refractivity contribution in [2.75, 3.05) is 32.9 Å². The molecule has 1 unspecified atom stereocenters. The van der Waals surface area contributed by atoms with Gasteiger partial charge in [0.2, 0.25) is 0 Å². The van der Waals surface area contributed by atoms with Crippen LogP contribution < -0.4 is 20.1 Å². The molecule has 0 aromatic heterocycles. The molecule has 0 aliphatic carbocycles. The SMILES string of the molecule is CCNC(=NCc1cc2c(cc1OCC)CC(C)O2)NCCCOCC. The standard InChI is InChI=1S/C20H33N3O3/c1-5-21-20(22-9-8-10-24-6-2)23-14-17-13-19-16(11-15(4)26-19)12-18(17)25-7-3/h12-13,15H,5-11,14H2,1-4H3,(H2,21,22,23). The molecular weight excluding hydrogens is 330 g/mol. The zero-order valence-electron chi connectivity index (χ0n) is 16.6. The van der Waals surface area contributed by atoms with Gasteiger partial charge in [-0.05, 0) is 46.2 Å². The van der Waals surface area contributed by atoms with E-state index >= 15 is 0 Å². The molecule has 0 saturated heterocycles. The Kier molecular flexibility index (Phi) is 8.54. The molecule has 0 fully saturated rings. The van der Waals surface area contributed by atoms with Crippen LogP contribution in [0.4, 0.5) is 0 Å². The van der Waals surface area contributed by atoms with Crippen LogP contribution in [0.5, 0.6) is 11.5 Å². The molecule has 1 aliphatic heterocycles. The fourth-order valence-corrected chi connectivity index (χ4v) is 2.93. The number of fused-ring (bicyclic) bond motifs is 1. The molecule has 0 bridgehead atoms. The summed E-state index contributed by atoms with van der Waals surface area (Å²) < 4.78 is 17.1. The summed E-state index contributed by atoms with van der Waals surface area (Å²) in [6, 6.07) is 4.18. The number of guanidine groups is 1. The Hall–Kier alpha value is -1.95. The van der Waals surface area contributed by atoms with Gasteiger partial charge < -0.3 is 24.8 Å². The van der Waals surface area contributed by atoms with E-state index in [1.54, 1.807) is 0 Å². The Balaban J connectivity index is 2.03. The number of hydrogen-bond donors (Lipinski definition) is 2. The van der Waals surface area contributed by atoms with Crippen LogP contribution >= 0.6 is 0 Å². The van der Waals surface area contributed by atoms with E-state index in [4.69, 9.17) is 19.2 Å². The number of benzene rings is 1. The molecule has 1 aromatic carbocycles. The molecule has 6 heteroatoms. The third-order valence-electron chi connectivity index (χ3n) is 4.09. The maximum atomic E-state index is 5.89. The van der Waals surface area contributed by atoms with Crippen molar-refractivity contribution in [3.05, 3.63) is 23.3 Å². The summed E-state index contributed by atoms with van der Waals surface area (Å²) >= 11 is 0. The maximum Gasteiger partial charge on any atom is 0.191 e. The van der Waals surface area contributed by atoms with E-state index in [9.17, 15) is 0 Å². The van der Waals surface area contributed by atoms with Crippen LogP contribution in [0.25, 0.3) is 0 Å². The second-order valence-electron chi connectivity index (χ2n) is 6.31. The fraction of sp³-hybridized carbons (Fsp3) is 0.650. The fourth-order valence-electron chi connectivity index (χ4n) is 2.93. The van der Waals surface area contributed by atoms with Gasteiger partial charge in [0.05, 0.1) is 13.2 Å². The van der Waals surface area contributed by atoms with Crippen molar-refractivity contribution in [3.63, 3.8) is 0 Å². The number of hydrogen-bond acceptors (Lipinski definition) is 4. The van der Waals surface area contributed by atoms with E-state index < -0.39 is 0 Å². The van der Waals surface area contributed by atoms with Crippen LogP contribution in [0, 0.1) is 0 Å². The van der Waals surface area contributed by atoms with E-state index in [1.165, 1.54) is 5.56 Å². The van der Waals surface area contributed by atoms with Gasteiger partial charge in [0.15, 0.2) is 5.96 Å². The lowest BCUT2D eigenvalue weighted by Crippen LogP contribution is -2.38. The smallest absolute Gasteiger partial charge is 0.191 e. The molecule has 1 aliphatic rings. The molecule has 26 heavy (non-hydrogen) atoms. The Morgan fingerprint density at radius 2 is 2.08 bits per heavy atom. The van der Waals surface area contributed by atoms with Crippen LogP contribution in [0.15, 0.2) is 17.1 Å². The Morgan fingerprint density at radius 3 is 2.81 bits per heavy atom. The van der Waals surface area contributed by atoms with Gasteiger partial charge in [0.1, 0.15) is 17.6 Å². The summed E-state index contributed by atoms with van der Waals surface area (Å²) in [6.45, 7) is 12.5. The largest absolute Gasteiger partial charge is 0.494 e. The highest BCUT2D eigenvalue weighted by molar-refractivity contribution is 5.79. The van der Waals surface area contributed by atoms with Gasteiger partial charge in [0, 0.05) is 43.9 Å². The van der Waals surface area contributed by atoms with Gasteiger partial charge in [-0.25, -0.2) is 4.99 Å². The second kappa shape index (κ2) is 10.9. The van der Waals surface area contributed by atoms with Crippen molar-refractivity contribution >= 4 is 5.96 Å². The molecule has 0 spiro atoms. The summed E-state index contributed by atoms with van der Waals surface area (Å²) in [6.07, 6.45) is 2.11.